The fourth-order valence-corrected chi connectivity index (χ4v) is 3.99. The van der Waals surface area contributed by atoms with Gasteiger partial charge in [0.2, 0.25) is 5.13 Å². The van der Waals surface area contributed by atoms with E-state index in [1.807, 2.05) is 30.3 Å². The van der Waals surface area contributed by atoms with Gasteiger partial charge in [-0.05, 0) is 11.6 Å². The maximum Gasteiger partial charge on any atom is 0.338 e. The molecule has 1 N–H and O–H groups in total. The number of aromatic nitrogens is 2. The Labute approximate surface area is 173 Å². The molecule has 0 saturated heterocycles. The lowest BCUT2D eigenvalue weighted by atomic mass is 10.1. The molecule has 0 fully saturated rings. The number of nitrogens with zero attached hydrogens (tertiary/aromatic N) is 3. The lowest BCUT2D eigenvalue weighted by molar-refractivity contribution is -0.384. The van der Waals surface area contributed by atoms with E-state index in [1.165, 1.54) is 29.2 Å². The number of carbonyl (C=O) groups excluding carboxylic acids is 2. The molecule has 1 amide bonds. The Hall–Kier alpha value is -3.31. The summed E-state index contributed by atoms with van der Waals surface area (Å²) < 4.78 is 5.24. The van der Waals surface area contributed by atoms with Gasteiger partial charge in [-0.15, -0.1) is 10.2 Å². The molecule has 29 heavy (non-hydrogen) atoms. The second-order valence-corrected chi connectivity index (χ2v) is 7.82. The van der Waals surface area contributed by atoms with Gasteiger partial charge in [-0.1, -0.05) is 53.4 Å². The van der Waals surface area contributed by atoms with Crippen molar-refractivity contribution in [3.8, 4) is 0 Å². The maximum atomic E-state index is 12.5. The van der Waals surface area contributed by atoms with Crippen LogP contribution in [-0.2, 0) is 10.5 Å². The van der Waals surface area contributed by atoms with E-state index >= 15 is 0 Å². The van der Waals surface area contributed by atoms with Crippen molar-refractivity contribution in [3.63, 3.8) is 0 Å². The van der Waals surface area contributed by atoms with E-state index in [-0.39, 0.29) is 16.3 Å². The predicted molar refractivity (Wildman–Crippen MR) is 108 cm³/mol. The zero-order chi connectivity index (χ0) is 20.8. The third-order valence-corrected chi connectivity index (χ3v) is 5.69. The summed E-state index contributed by atoms with van der Waals surface area (Å²) in [7, 11) is 1.15. The van der Waals surface area contributed by atoms with Gasteiger partial charge in [0.1, 0.15) is 0 Å². The van der Waals surface area contributed by atoms with E-state index in [0.29, 0.717) is 10.1 Å². The number of benzene rings is 2. The molecule has 3 aromatic rings. The summed E-state index contributed by atoms with van der Waals surface area (Å²) >= 11 is 2.66. The number of thioether (sulfide) groups is 1. The number of rotatable bonds is 7. The van der Waals surface area contributed by atoms with Crippen LogP contribution in [0.3, 0.4) is 0 Å². The van der Waals surface area contributed by atoms with Gasteiger partial charge in [-0.3, -0.25) is 20.2 Å². The Kier molecular flexibility index (Phi) is 6.52. The Morgan fingerprint density at radius 1 is 1.17 bits per heavy atom. The van der Waals surface area contributed by atoms with Crippen LogP contribution in [-0.4, -0.2) is 34.1 Å². The fourth-order valence-electron chi connectivity index (χ4n) is 2.29. The molecule has 0 saturated carbocycles. The summed E-state index contributed by atoms with van der Waals surface area (Å²) in [5.41, 5.74) is 0.580. The summed E-state index contributed by atoms with van der Waals surface area (Å²) in [5.74, 6) is -0.718. The number of anilines is 1. The Balaban J connectivity index is 1.71. The van der Waals surface area contributed by atoms with Crippen molar-refractivity contribution in [2.45, 2.75) is 10.1 Å². The highest BCUT2D eigenvalue weighted by Crippen LogP contribution is 2.28. The number of ether oxygens (including phenoxy) is 1. The minimum Gasteiger partial charge on any atom is -0.465 e. The molecule has 0 aliphatic rings. The molecule has 3 rings (SSSR count). The monoisotopic (exact) mass is 430 g/mol. The van der Waals surface area contributed by atoms with Gasteiger partial charge >= 0.3 is 5.97 Å². The summed E-state index contributed by atoms with van der Waals surface area (Å²) in [4.78, 5) is 34.6. The Bertz CT molecular complexity index is 1060. The summed E-state index contributed by atoms with van der Waals surface area (Å²) in [5, 5.41) is 21.8. The molecule has 0 aliphatic carbocycles. The van der Waals surface area contributed by atoms with Gasteiger partial charge in [-0.25, -0.2) is 4.79 Å². The second kappa shape index (κ2) is 9.26. The lowest BCUT2D eigenvalue weighted by Gasteiger charge is -2.04. The highest BCUT2D eigenvalue weighted by molar-refractivity contribution is 8.00. The number of nitro benzene ring substituents is 1. The van der Waals surface area contributed by atoms with Crippen molar-refractivity contribution in [3.05, 3.63) is 75.3 Å². The third kappa shape index (κ3) is 5.36. The smallest absolute Gasteiger partial charge is 0.338 e. The van der Waals surface area contributed by atoms with E-state index in [9.17, 15) is 19.7 Å². The largest absolute Gasteiger partial charge is 0.465 e. The molecule has 11 heteroatoms. The van der Waals surface area contributed by atoms with Crippen LogP contribution in [0, 0.1) is 10.1 Å². The number of carbonyl (C=O) groups is 2. The minimum absolute atomic E-state index is 0.0618. The number of amides is 1. The highest BCUT2D eigenvalue weighted by atomic mass is 32.2. The van der Waals surface area contributed by atoms with Crippen LogP contribution in [0.1, 0.15) is 26.3 Å². The minimum atomic E-state index is -0.779. The first-order valence-electron chi connectivity index (χ1n) is 8.15. The molecule has 0 atom stereocenters. The summed E-state index contributed by atoms with van der Waals surface area (Å²) in [6.45, 7) is 0. The number of hydrogen-bond donors (Lipinski definition) is 1. The van der Waals surface area contributed by atoms with Gasteiger partial charge in [0, 0.05) is 23.4 Å². The molecule has 0 bridgehead atoms. The first-order chi connectivity index (χ1) is 14.0. The molecule has 148 valence electrons. The second-order valence-electron chi connectivity index (χ2n) is 5.62. The average Bonchev–Trinajstić information content (AvgIpc) is 3.19. The van der Waals surface area contributed by atoms with Crippen LogP contribution in [0.5, 0.6) is 0 Å². The normalized spacial score (nSPS) is 10.4. The summed E-state index contributed by atoms with van der Waals surface area (Å²) in [6.07, 6.45) is 0. The van der Waals surface area contributed by atoms with Crippen LogP contribution < -0.4 is 5.32 Å². The topological polar surface area (TPSA) is 124 Å². The predicted octanol–water partition coefficient (Wildman–Crippen LogP) is 3.78. The van der Waals surface area contributed by atoms with Gasteiger partial charge in [0.25, 0.3) is 11.6 Å². The molecule has 0 aliphatic heterocycles. The molecule has 1 aromatic heterocycles. The number of esters is 1. The molecule has 0 radical (unpaired) electrons. The number of nitrogens with one attached hydrogen (secondary N) is 1. The zero-order valence-corrected chi connectivity index (χ0v) is 16.7. The van der Waals surface area contributed by atoms with E-state index in [2.05, 4.69) is 20.3 Å². The van der Waals surface area contributed by atoms with Crippen molar-refractivity contribution in [2.75, 3.05) is 12.4 Å². The van der Waals surface area contributed by atoms with Crippen molar-refractivity contribution < 1.29 is 19.2 Å². The highest BCUT2D eigenvalue weighted by Gasteiger charge is 2.19. The fraction of sp³-hybridized carbons (Fsp3) is 0.111. The molecule has 9 nitrogen and oxygen atoms in total. The van der Waals surface area contributed by atoms with Gasteiger partial charge in [0.05, 0.1) is 17.6 Å². The van der Waals surface area contributed by atoms with Crippen LogP contribution in [0.2, 0.25) is 0 Å². The van der Waals surface area contributed by atoms with Gasteiger partial charge in [0.15, 0.2) is 4.34 Å². The first kappa shape index (κ1) is 20.4. The number of hydrogen-bond acceptors (Lipinski definition) is 9. The Morgan fingerprint density at radius 2 is 1.90 bits per heavy atom. The van der Waals surface area contributed by atoms with Crippen molar-refractivity contribution in [1.29, 1.82) is 0 Å². The van der Waals surface area contributed by atoms with Crippen LogP contribution in [0.25, 0.3) is 0 Å². The average molecular weight is 430 g/mol. The summed E-state index contributed by atoms with van der Waals surface area (Å²) in [6, 6.07) is 13.2. The zero-order valence-electron chi connectivity index (χ0n) is 15.0. The van der Waals surface area contributed by atoms with Gasteiger partial charge < -0.3 is 4.74 Å². The molecule has 0 spiro atoms. The number of non-ortho nitro benzene ring substituents is 1. The SMILES string of the molecule is COC(=O)c1cc(C(=O)Nc2nnc(SCc3ccccc3)s2)cc([N+](=O)[O-])c1. The lowest BCUT2D eigenvalue weighted by Crippen LogP contribution is -2.14. The molecular weight excluding hydrogens is 416 g/mol. The van der Waals surface area contributed by atoms with Gasteiger partial charge in [-0.2, -0.15) is 0 Å². The maximum absolute atomic E-state index is 12.5. The van der Waals surface area contributed by atoms with Crippen LogP contribution in [0.15, 0.2) is 52.9 Å². The van der Waals surface area contributed by atoms with Crippen molar-refractivity contribution in [1.82, 2.24) is 10.2 Å². The molecule has 1 heterocycles. The van der Waals surface area contributed by atoms with Crippen molar-refractivity contribution >= 4 is 45.8 Å². The van der Waals surface area contributed by atoms with Crippen LogP contribution in [0.4, 0.5) is 10.8 Å². The van der Waals surface area contributed by atoms with E-state index < -0.39 is 22.5 Å². The van der Waals surface area contributed by atoms with E-state index in [0.717, 1.165) is 24.8 Å². The molecular formula is C18H14N4O5S2. The van der Waals surface area contributed by atoms with E-state index in [1.54, 1.807) is 0 Å². The number of methoxy groups -OCH3 is 1. The van der Waals surface area contributed by atoms with Crippen molar-refractivity contribution in [2.24, 2.45) is 0 Å². The van der Waals surface area contributed by atoms with E-state index in [4.69, 9.17) is 0 Å². The standard InChI is InChI=1S/C18H14N4O5S2/c1-27-16(24)13-7-12(8-14(9-13)22(25)26)15(23)19-17-20-21-18(29-17)28-10-11-5-3-2-4-6-11/h2-9H,10H2,1H3,(H,19,20,23). The molecule has 2 aromatic carbocycles. The molecule has 0 unspecified atom stereocenters. The first-order valence-corrected chi connectivity index (χ1v) is 9.96. The quantitative estimate of drug-likeness (QED) is 0.197. The Morgan fingerprint density at radius 3 is 2.59 bits per heavy atom. The third-order valence-electron chi connectivity index (χ3n) is 3.64. The van der Waals surface area contributed by atoms with Crippen LogP contribution >= 0.6 is 23.1 Å². The number of nitro groups is 1.